The summed E-state index contributed by atoms with van der Waals surface area (Å²) in [4.78, 5) is 0. The van der Waals surface area contributed by atoms with E-state index in [0.717, 1.165) is 19.4 Å². The number of fused-ring (bicyclic) bond motifs is 2. The molecule has 1 atom stereocenters. The van der Waals surface area contributed by atoms with Crippen LogP contribution in [0, 0.1) is 0 Å². The summed E-state index contributed by atoms with van der Waals surface area (Å²) in [6, 6.07) is 7.32. The maximum Gasteiger partial charge on any atom is 0.0288 e. The molecule has 1 aliphatic carbocycles. The molecule has 1 heterocycles. The second-order valence-corrected chi connectivity index (χ2v) is 6.37. The van der Waals surface area contributed by atoms with Crippen molar-refractivity contribution in [3.05, 3.63) is 52.0 Å². The van der Waals surface area contributed by atoms with Crippen LogP contribution < -0.4 is 5.32 Å². The molecule has 19 heavy (non-hydrogen) atoms. The first-order valence-corrected chi connectivity index (χ1v) is 7.94. The van der Waals surface area contributed by atoms with E-state index in [1.54, 1.807) is 11.1 Å². The Hall–Kier alpha value is -0.860. The SMILES string of the molecule is C=CCCC[C@@H]1NCCC2=C1Cc1cc(Br)ccc12. The van der Waals surface area contributed by atoms with Crippen LogP contribution in [0.1, 0.15) is 36.8 Å². The Labute approximate surface area is 123 Å². The molecule has 0 fully saturated rings. The van der Waals surface area contributed by atoms with Gasteiger partial charge in [0, 0.05) is 10.5 Å². The van der Waals surface area contributed by atoms with Gasteiger partial charge in [-0.1, -0.05) is 28.1 Å². The lowest BCUT2D eigenvalue weighted by Gasteiger charge is -2.26. The highest BCUT2D eigenvalue weighted by atomic mass is 79.9. The van der Waals surface area contributed by atoms with Crippen LogP contribution in [0.25, 0.3) is 5.57 Å². The number of unbranched alkanes of at least 4 members (excludes halogenated alkanes) is 1. The van der Waals surface area contributed by atoms with Crippen molar-refractivity contribution in [1.29, 1.82) is 0 Å². The molecule has 1 aromatic rings. The zero-order chi connectivity index (χ0) is 13.2. The summed E-state index contributed by atoms with van der Waals surface area (Å²) in [6.07, 6.45) is 7.94. The molecule has 1 nitrogen and oxygen atoms in total. The molecule has 0 amide bonds. The lowest BCUT2D eigenvalue weighted by Crippen LogP contribution is -2.35. The van der Waals surface area contributed by atoms with Gasteiger partial charge in [-0.15, -0.1) is 6.58 Å². The first-order valence-electron chi connectivity index (χ1n) is 7.14. The first-order chi connectivity index (χ1) is 9.29. The van der Waals surface area contributed by atoms with Gasteiger partial charge in [-0.3, -0.25) is 0 Å². The highest BCUT2D eigenvalue weighted by molar-refractivity contribution is 9.10. The molecule has 0 radical (unpaired) electrons. The van der Waals surface area contributed by atoms with E-state index in [2.05, 4.69) is 46.0 Å². The van der Waals surface area contributed by atoms with Crippen molar-refractivity contribution in [3.8, 4) is 0 Å². The van der Waals surface area contributed by atoms with Gasteiger partial charge in [0.2, 0.25) is 0 Å². The molecule has 0 unspecified atom stereocenters. The van der Waals surface area contributed by atoms with Crippen LogP contribution in [0.5, 0.6) is 0 Å². The highest BCUT2D eigenvalue weighted by Crippen LogP contribution is 2.40. The lowest BCUT2D eigenvalue weighted by atomic mass is 9.91. The number of nitrogens with one attached hydrogen (secondary N) is 1. The lowest BCUT2D eigenvalue weighted by molar-refractivity contribution is 0.506. The first kappa shape index (κ1) is 13.1. The van der Waals surface area contributed by atoms with Gasteiger partial charge in [0.15, 0.2) is 0 Å². The van der Waals surface area contributed by atoms with Crippen LogP contribution in [-0.4, -0.2) is 12.6 Å². The minimum Gasteiger partial charge on any atom is -0.310 e. The zero-order valence-electron chi connectivity index (χ0n) is 11.2. The molecule has 1 aliphatic heterocycles. The summed E-state index contributed by atoms with van der Waals surface area (Å²) < 4.78 is 1.20. The fraction of sp³-hybridized carbons (Fsp3) is 0.412. The Morgan fingerprint density at radius 1 is 1.42 bits per heavy atom. The van der Waals surface area contributed by atoms with Crippen molar-refractivity contribution in [2.45, 2.75) is 38.1 Å². The summed E-state index contributed by atoms with van der Waals surface area (Å²) >= 11 is 3.59. The maximum atomic E-state index is 3.81. The van der Waals surface area contributed by atoms with Crippen LogP contribution in [-0.2, 0) is 6.42 Å². The van der Waals surface area contributed by atoms with Crippen molar-refractivity contribution in [2.75, 3.05) is 6.54 Å². The van der Waals surface area contributed by atoms with Gasteiger partial charge in [0.25, 0.3) is 0 Å². The normalized spacial score (nSPS) is 21.2. The molecule has 1 aromatic carbocycles. The monoisotopic (exact) mass is 317 g/mol. The standard InChI is InChI=1S/C17H20BrN/c1-2-3-4-5-17-16-11-12-10-13(18)6-7-14(12)15(16)8-9-19-17/h2,6-7,10,17,19H,1,3-5,8-9,11H2/t17-/m0/s1. The van der Waals surface area contributed by atoms with E-state index in [1.807, 2.05) is 6.08 Å². The number of halogens is 1. The summed E-state index contributed by atoms with van der Waals surface area (Å²) in [5.74, 6) is 0. The molecular formula is C17H20BrN. The fourth-order valence-electron chi connectivity index (χ4n) is 3.35. The molecular weight excluding hydrogens is 298 g/mol. The highest BCUT2D eigenvalue weighted by Gasteiger charge is 2.29. The topological polar surface area (TPSA) is 12.0 Å². The minimum absolute atomic E-state index is 0.579. The van der Waals surface area contributed by atoms with E-state index in [4.69, 9.17) is 0 Å². The van der Waals surface area contributed by atoms with E-state index in [-0.39, 0.29) is 0 Å². The van der Waals surface area contributed by atoms with Crippen LogP contribution >= 0.6 is 15.9 Å². The molecule has 1 N–H and O–H groups in total. The number of hydrogen-bond acceptors (Lipinski definition) is 1. The summed E-state index contributed by atoms with van der Waals surface area (Å²) in [5.41, 5.74) is 6.25. The maximum absolute atomic E-state index is 3.81. The second-order valence-electron chi connectivity index (χ2n) is 5.46. The molecule has 3 rings (SSSR count). The quantitative estimate of drug-likeness (QED) is 0.638. The third-order valence-electron chi connectivity index (χ3n) is 4.25. The van der Waals surface area contributed by atoms with Gasteiger partial charge in [-0.25, -0.2) is 0 Å². The van der Waals surface area contributed by atoms with Gasteiger partial charge >= 0.3 is 0 Å². The molecule has 0 aromatic heterocycles. The molecule has 0 saturated carbocycles. The van der Waals surface area contributed by atoms with Crippen LogP contribution in [0.3, 0.4) is 0 Å². The summed E-state index contributed by atoms with van der Waals surface area (Å²) in [6.45, 7) is 4.93. The Bertz CT molecular complexity index is 530. The molecule has 2 heteroatoms. The molecule has 0 saturated heterocycles. The molecule has 2 aliphatic rings. The Balaban J connectivity index is 1.83. The minimum atomic E-state index is 0.579. The van der Waals surface area contributed by atoms with Gasteiger partial charge in [-0.2, -0.15) is 0 Å². The predicted octanol–water partition coefficient (Wildman–Crippen LogP) is 4.48. The number of hydrogen-bond donors (Lipinski definition) is 1. The van der Waals surface area contributed by atoms with Gasteiger partial charge in [-0.05, 0) is 73.1 Å². The Morgan fingerprint density at radius 3 is 3.16 bits per heavy atom. The molecule has 0 spiro atoms. The van der Waals surface area contributed by atoms with Crippen molar-refractivity contribution >= 4 is 21.5 Å². The third-order valence-corrected chi connectivity index (χ3v) is 4.74. The Morgan fingerprint density at radius 2 is 2.32 bits per heavy atom. The fourth-order valence-corrected chi connectivity index (χ4v) is 3.76. The van der Waals surface area contributed by atoms with Crippen molar-refractivity contribution in [3.63, 3.8) is 0 Å². The predicted molar refractivity (Wildman–Crippen MR) is 85.2 cm³/mol. The van der Waals surface area contributed by atoms with E-state index in [1.165, 1.54) is 34.9 Å². The van der Waals surface area contributed by atoms with E-state index >= 15 is 0 Å². The summed E-state index contributed by atoms with van der Waals surface area (Å²) in [5, 5.41) is 3.69. The van der Waals surface area contributed by atoms with Crippen LogP contribution in [0.4, 0.5) is 0 Å². The van der Waals surface area contributed by atoms with E-state index in [0.29, 0.717) is 6.04 Å². The molecule has 100 valence electrons. The van der Waals surface area contributed by atoms with Crippen molar-refractivity contribution < 1.29 is 0 Å². The van der Waals surface area contributed by atoms with Crippen LogP contribution in [0.2, 0.25) is 0 Å². The van der Waals surface area contributed by atoms with Gasteiger partial charge < -0.3 is 5.32 Å². The smallest absolute Gasteiger partial charge is 0.0288 e. The van der Waals surface area contributed by atoms with Gasteiger partial charge in [0.1, 0.15) is 0 Å². The number of rotatable bonds is 4. The van der Waals surface area contributed by atoms with Gasteiger partial charge in [0.05, 0.1) is 0 Å². The zero-order valence-corrected chi connectivity index (χ0v) is 12.8. The second kappa shape index (κ2) is 5.64. The van der Waals surface area contributed by atoms with Crippen molar-refractivity contribution in [2.24, 2.45) is 0 Å². The molecule has 0 bridgehead atoms. The Kier molecular flexibility index (Phi) is 3.90. The van der Waals surface area contributed by atoms with Crippen LogP contribution in [0.15, 0.2) is 40.9 Å². The van der Waals surface area contributed by atoms with Crippen molar-refractivity contribution in [1.82, 2.24) is 5.32 Å². The largest absolute Gasteiger partial charge is 0.310 e. The summed E-state index contributed by atoms with van der Waals surface area (Å²) in [7, 11) is 0. The number of allylic oxidation sites excluding steroid dienone is 1. The number of benzene rings is 1. The van der Waals surface area contributed by atoms with E-state index < -0.39 is 0 Å². The third kappa shape index (κ3) is 2.56. The average Bonchev–Trinajstić information content (AvgIpc) is 2.77. The average molecular weight is 318 g/mol. The van der Waals surface area contributed by atoms with E-state index in [9.17, 15) is 0 Å².